The Morgan fingerprint density at radius 2 is 1.87 bits per heavy atom. The van der Waals surface area contributed by atoms with Gasteiger partial charge in [0.1, 0.15) is 10.7 Å². The average molecular weight is 450 g/mol. The molecule has 1 aliphatic heterocycles. The number of halogens is 4. The molecule has 3 aromatic rings. The predicted octanol–water partition coefficient (Wildman–Crippen LogP) is 5.76. The van der Waals surface area contributed by atoms with Gasteiger partial charge in [-0.15, -0.1) is 0 Å². The van der Waals surface area contributed by atoms with Crippen LogP contribution in [0.3, 0.4) is 0 Å². The molecule has 5 nitrogen and oxygen atoms in total. The molecule has 0 amide bonds. The molecule has 4 rings (SSSR count). The topological polar surface area (TPSA) is 53.1 Å². The Morgan fingerprint density at radius 3 is 2.58 bits per heavy atom. The molecule has 0 bridgehead atoms. The molecular formula is C22H23ClF3N5. The number of hydrogen-bond acceptors (Lipinski definition) is 5. The quantitative estimate of drug-likeness (QED) is 0.485. The van der Waals surface area contributed by atoms with Crippen molar-refractivity contribution < 1.29 is 13.2 Å². The molecule has 0 saturated carbocycles. The van der Waals surface area contributed by atoms with Gasteiger partial charge in [-0.3, -0.25) is 4.98 Å². The molecule has 9 heteroatoms. The number of pyridine rings is 2. The highest BCUT2D eigenvalue weighted by Crippen LogP contribution is 2.40. The fourth-order valence-corrected chi connectivity index (χ4v) is 4.09. The number of anilines is 3. The van der Waals surface area contributed by atoms with Crippen molar-refractivity contribution in [2.75, 3.05) is 30.4 Å². The van der Waals surface area contributed by atoms with Gasteiger partial charge in [-0.05, 0) is 56.6 Å². The zero-order valence-corrected chi connectivity index (χ0v) is 17.8. The molecule has 0 aliphatic carbocycles. The lowest BCUT2D eigenvalue weighted by atomic mass is 10.1. The van der Waals surface area contributed by atoms with E-state index in [0.717, 1.165) is 24.8 Å². The van der Waals surface area contributed by atoms with E-state index in [2.05, 4.69) is 20.6 Å². The molecular weight excluding hydrogens is 427 g/mol. The molecule has 0 atom stereocenters. The van der Waals surface area contributed by atoms with E-state index in [1.807, 2.05) is 4.90 Å². The highest BCUT2D eigenvalue weighted by molar-refractivity contribution is 6.29. The summed E-state index contributed by atoms with van der Waals surface area (Å²) in [6.45, 7) is 1.75. The second-order valence-electron chi connectivity index (χ2n) is 7.59. The summed E-state index contributed by atoms with van der Waals surface area (Å²) in [5.41, 5.74) is 2.40. The Bertz CT molecular complexity index is 1080. The Labute approximate surface area is 183 Å². The first-order valence-electron chi connectivity index (χ1n) is 10.2. The van der Waals surface area contributed by atoms with Crippen molar-refractivity contribution in [3.05, 3.63) is 52.8 Å². The first-order chi connectivity index (χ1) is 14.9. The zero-order chi connectivity index (χ0) is 22.0. The van der Waals surface area contributed by atoms with E-state index in [-0.39, 0.29) is 10.8 Å². The fourth-order valence-electron chi connectivity index (χ4n) is 3.94. The Kier molecular flexibility index (Phi) is 6.20. The van der Waals surface area contributed by atoms with Crippen LogP contribution in [0.5, 0.6) is 0 Å². The van der Waals surface area contributed by atoms with Crippen molar-refractivity contribution in [3.63, 3.8) is 0 Å². The normalized spacial score (nSPS) is 14.8. The van der Waals surface area contributed by atoms with Crippen LogP contribution in [-0.2, 0) is 12.7 Å². The van der Waals surface area contributed by atoms with Crippen LogP contribution < -0.4 is 15.5 Å². The van der Waals surface area contributed by atoms with Gasteiger partial charge in [-0.25, -0.2) is 4.98 Å². The van der Waals surface area contributed by atoms with Crippen molar-refractivity contribution in [3.8, 4) is 0 Å². The standard InChI is InChI=1S/C22H23ClF3N5/c1-27-12-14-13-28-17-6-8-19(23)30-21(17)20(14)29-15-5-7-18(16(11-15)22(24,25)26)31-9-3-2-4-10-31/h5-8,11,13,27H,2-4,9-10,12H2,1H3,(H,28,29). The van der Waals surface area contributed by atoms with Crippen LogP contribution in [0.2, 0.25) is 5.15 Å². The third-order valence-corrected chi connectivity index (χ3v) is 5.60. The van der Waals surface area contributed by atoms with Crippen molar-refractivity contribution >= 4 is 39.7 Å². The van der Waals surface area contributed by atoms with Crippen molar-refractivity contribution in [2.24, 2.45) is 0 Å². The van der Waals surface area contributed by atoms with Crippen LogP contribution in [0.4, 0.5) is 30.2 Å². The van der Waals surface area contributed by atoms with Gasteiger partial charge in [0, 0.05) is 42.8 Å². The van der Waals surface area contributed by atoms with E-state index in [9.17, 15) is 13.2 Å². The molecule has 2 aromatic heterocycles. The van der Waals surface area contributed by atoms with E-state index < -0.39 is 11.7 Å². The van der Waals surface area contributed by atoms with Crippen LogP contribution in [-0.4, -0.2) is 30.1 Å². The SMILES string of the molecule is CNCc1cnc2ccc(Cl)nc2c1Nc1ccc(N2CCCCC2)c(C(F)(F)F)c1. The summed E-state index contributed by atoms with van der Waals surface area (Å²) in [5, 5.41) is 6.49. The third kappa shape index (κ3) is 4.70. The molecule has 0 spiro atoms. The van der Waals surface area contributed by atoms with E-state index in [1.54, 1.807) is 37.5 Å². The maximum atomic E-state index is 13.9. The van der Waals surface area contributed by atoms with Gasteiger partial charge >= 0.3 is 6.18 Å². The largest absolute Gasteiger partial charge is 0.418 e. The third-order valence-electron chi connectivity index (χ3n) is 5.39. The summed E-state index contributed by atoms with van der Waals surface area (Å²) < 4.78 is 41.8. The van der Waals surface area contributed by atoms with Gasteiger partial charge in [-0.2, -0.15) is 13.2 Å². The number of fused-ring (bicyclic) bond motifs is 1. The number of rotatable bonds is 5. The summed E-state index contributed by atoms with van der Waals surface area (Å²) in [6.07, 6.45) is 0.0836. The van der Waals surface area contributed by atoms with Gasteiger partial charge in [0.2, 0.25) is 0 Å². The minimum atomic E-state index is -4.46. The van der Waals surface area contributed by atoms with Gasteiger partial charge < -0.3 is 15.5 Å². The summed E-state index contributed by atoms with van der Waals surface area (Å²) in [4.78, 5) is 10.6. The molecule has 2 N–H and O–H groups in total. The lowest BCUT2D eigenvalue weighted by molar-refractivity contribution is -0.137. The molecule has 3 heterocycles. The predicted molar refractivity (Wildman–Crippen MR) is 118 cm³/mol. The van der Waals surface area contributed by atoms with Crippen molar-refractivity contribution in [1.82, 2.24) is 15.3 Å². The van der Waals surface area contributed by atoms with Gasteiger partial charge in [0.05, 0.1) is 16.8 Å². The average Bonchev–Trinajstić information content (AvgIpc) is 2.75. The number of nitrogens with one attached hydrogen (secondary N) is 2. The number of benzene rings is 1. The minimum absolute atomic E-state index is 0.231. The second kappa shape index (κ2) is 8.88. The highest BCUT2D eigenvalue weighted by Gasteiger charge is 2.35. The van der Waals surface area contributed by atoms with Crippen LogP contribution in [0, 0.1) is 0 Å². The molecule has 1 fully saturated rings. The van der Waals surface area contributed by atoms with Crippen LogP contribution >= 0.6 is 11.6 Å². The summed E-state index contributed by atoms with van der Waals surface area (Å²) >= 11 is 6.08. The molecule has 31 heavy (non-hydrogen) atoms. The molecule has 1 aromatic carbocycles. The number of alkyl halides is 3. The smallest absolute Gasteiger partial charge is 0.371 e. The zero-order valence-electron chi connectivity index (χ0n) is 17.1. The lowest BCUT2D eigenvalue weighted by Gasteiger charge is -2.31. The van der Waals surface area contributed by atoms with Crippen molar-refractivity contribution in [2.45, 2.75) is 32.0 Å². The Hall–Kier alpha value is -2.58. The maximum absolute atomic E-state index is 13.9. The van der Waals surface area contributed by atoms with E-state index in [1.165, 1.54) is 6.07 Å². The van der Waals surface area contributed by atoms with Gasteiger partial charge in [0.15, 0.2) is 0 Å². The first kappa shape index (κ1) is 21.6. The number of aromatic nitrogens is 2. The Balaban J connectivity index is 1.78. The number of hydrogen-bond donors (Lipinski definition) is 2. The van der Waals surface area contributed by atoms with Crippen molar-refractivity contribution in [1.29, 1.82) is 0 Å². The number of nitrogens with zero attached hydrogens (tertiary/aromatic N) is 3. The molecule has 1 saturated heterocycles. The van der Waals surface area contributed by atoms with E-state index >= 15 is 0 Å². The summed E-state index contributed by atoms with van der Waals surface area (Å²) in [5.74, 6) is 0. The maximum Gasteiger partial charge on any atom is 0.418 e. The molecule has 164 valence electrons. The molecule has 1 aliphatic rings. The van der Waals surface area contributed by atoms with Gasteiger partial charge in [-0.1, -0.05) is 11.6 Å². The summed E-state index contributed by atoms with van der Waals surface area (Å²) in [6, 6.07) is 7.77. The van der Waals surface area contributed by atoms with Crippen LogP contribution in [0.15, 0.2) is 36.5 Å². The lowest BCUT2D eigenvalue weighted by Crippen LogP contribution is -2.31. The summed E-state index contributed by atoms with van der Waals surface area (Å²) in [7, 11) is 1.79. The monoisotopic (exact) mass is 449 g/mol. The van der Waals surface area contributed by atoms with E-state index in [4.69, 9.17) is 11.6 Å². The van der Waals surface area contributed by atoms with Crippen LogP contribution in [0.25, 0.3) is 11.0 Å². The van der Waals surface area contributed by atoms with E-state index in [0.29, 0.717) is 42.0 Å². The molecule has 0 radical (unpaired) electrons. The second-order valence-corrected chi connectivity index (χ2v) is 7.98. The number of piperidine rings is 1. The van der Waals surface area contributed by atoms with Gasteiger partial charge in [0.25, 0.3) is 0 Å². The first-order valence-corrected chi connectivity index (χ1v) is 10.6. The highest BCUT2D eigenvalue weighted by atomic mass is 35.5. The Morgan fingerprint density at radius 1 is 1.10 bits per heavy atom. The minimum Gasteiger partial charge on any atom is -0.371 e. The van der Waals surface area contributed by atoms with Crippen LogP contribution in [0.1, 0.15) is 30.4 Å². The molecule has 0 unspecified atom stereocenters. The fraction of sp³-hybridized carbons (Fsp3) is 0.364.